The fourth-order valence-electron chi connectivity index (χ4n) is 2.73. The highest BCUT2D eigenvalue weighted by Crippen LogP contribution is 2.38. The molecule has 0 aromatic carbocycles. The summed E-state index contributed by atoms with van der Waals surface area (Å²) in [6.07, 6.45) is 3.91. The molecule has 18 heavy (non-hydrogen) atoms. The molecule has 0 saturated carbocycles. The number of halogens is 1. The van der Waals surface area contributed by atoms with Gasteiger partial charge in [-0.05, 0) is 48.4 Å². The van der Waals surface area contributed by atoms with Crippen LogP contribution in [0.4, 0.5) is 0 Å². The minimum absolute atomic E-state index is 0.284. The summed E-state index contributed by atoms with van der Waals surface area (Å²) < 4.78 is 0.803. The van der Waals surface area contributed by atoms with Crippen molar-refractivity contribution >= 4 is 34.3 Å². The Hall–Kier alpha value is -0.350. The van der Waals surface area contributed by atoms with E-state index in [0.717, 1.165) is 17.2 Å². The van der Waals surface area contributed by atoms with Crippen molar-refractivity contribution in [2.75, 3.05) is 0 Å². The molecule has 0 fully saturated rings. The molecule has 1 aliphatic carbocycles. The molecule has 1 N–H and O–H groups in total. The first kappa shape index (κ1) is 12.7. The number of aliphatic hydroxyl groups is 1. The highest BCUT2D eigenvalue weighted by Gasteiger charge is 2.27. The summed E-state index contributed by atoms with van der Waals surface area (Å²) in [5.41, 5.74) is 1.38. The second-order valence-corrected chi connectivity index (χ2v) is 7.58. The van der Waals surface area contributed by atoms with Crippen molar-refractivity contribution in [1.82, 2.24) is 0 Å². The lowest BCUT2D eigenvalue weighted by Crippen LogP contribution is -2.23. The Kier molecular flexibility index (Phi) is 3.76. The summed E-state index contributed by atoms with van der Waals surface area (Å²) in [4.78, 5) is 2.64. The fourth-order valence-corrected chi connectivity index (χ4v) is 4.87. The number of rotatable bonds is 3. The average Bonchev–Trinajstić information content (AvgIpc) is 2.97. The van der Waals surface area contributed by atoms with Crippen LogP contribution in [0.5, 0.6) is 0 Å². The summed E-state index contributed by atoms with van der Waals surface area (Å²) in [6.45, 7) is 0. The standard InChI is InChI=1S/C14H15ClOS2/c15-14-5-4-9(18-14)8-12(16)10-2-1-3-13-11(10)6-7-17-13/h4-7,10,12,16H,1-3,8H2. The molecule has 0 spiro atoms. The summed E-state index contributed by atoms with van der Waals surface area (Å²) in [5.74, 6) is 0.306. The zero-order chi connectivity index (χ0) is 12.5. The largest absolute Gasteiger partial charge is 0.392 e. The number of fused-ring (bicyclic) bond motifs is 1. The third-order valence-electron chi connectivity index (χ3n) is 3.60. The molecule has 2 aromatic rings. The Morgan fingerprint density at radius 1 is 1.39 bits per heavy atom. The molecular formula is C14H15ClOS2. The van der Waals surface area contributed by atoms with Crippen LogP contribution in [0.15, 0.2) is 23.6 Å². The fraction of sp³-hybridized carbons (Fsp3) is 0.429. The molecular weight excluding hydrogens is 284 g/mol. The number of aryl methyl sites for hydroxylation is 1. The molecule has 0 bridgehead atoms. The summed E-state index contributed by atoms with van der Waals surface area (Å²) in [6, 6.07) is 6.12. The van der Waals surface area contributed by atoms with Crippen molar-refractivity contribution in [2.45, 2.75) is 37.7 Å². The normalized spacial score (nSPS) is 20.7. The highest BCUT2D eigenvalue weighted by atomic mass is 35.5. The second kappa shape index (κ2) is 5.33. The molecule has 2 aromatic heterocycles. The van der Waals surface area contributed by atoms with Crippen LogP contribution in [-0.4, -0.2) is 11.2 Å². The van der Waals surface area contributed by atoms with Gasteiger partial charge in [-0.25, -0.2) is 0 Å². The molecule has 1 aliphatic rings. The van der Waals surface area contributed by atoms with Crippen LogP contribution < -0.4 is 0 Å². The van der Waals surface area contributed by atoms with Gasteiger partial charge in [0.25, 0.3) is 0 Å². The molecule has 0 amide bonds. The second-order valence-electron chi connectivity index (χ2n) is 4.78. The van der Waals surface area contributed by atoms with E-state index < -0.39 is 0 Å². The predicted octanol–water partition coefficient (Wildman–Crippen LogP) is 4.49. The van der Waals surface area contributed by atoms with E-state index >= 15 is 0 Å². The van der Waals surface area contributed by atoms with Gasteiger partial charge >= 0.3 is 0 Å². The van der Waals surface area contributed by atoms with Crippen LogP contribution in [0, 0.1) is 0 Å². The predicted molar refractivity (Wildman–Crippen MR) is 79.0 cm³/mol. The maximum atomic E-state index is 10.5. The van der Waals surface area contributed by atoms with E-state index in [1.165, 1.54) is 28.2 Å². The zero-order valence-corrected chi connectivity index (χ0v) is 12.3. The van der Waals surface area contributed by atoms with Gasteiger partial charge < -0.3 is 5.11 Å². The Labute approximate surface area is 120 Å². The van der Waals surface area contributed by atoms with Crippen LogP contribution in [0.2, 0.25) is 4.34 Å². The number of thiophene rings is 2. The molecule has 3 rings (SSSR count). The lowest BCUT2D eigenvalue weighted by molar-refractivity contribution is 0.136. The summed E-state index contributed by atoms with van der Waals surface area (Å²) in [7, 11) is 0. The molecule has 2 heterocycles. The van der Waals surface area contributed by atoms with Crippen LogP contribution in [0.1, 0.15) is 34.1 Å². The third-order valence-corrected chi connectivity index (χ3v) is 5.85. The Morgan fingerprint density at radius 2 is 2.28 bits per heavy atom. The van der Waals surface area contributed by atoms with Gasteiger partial charge in [0, 0.05) is 22.1 Å². The minimum Gasteiger partial charge on any atom is -0.392 e. The topological polar surface area (TPSA) is 20.2 Å². The Bertz CT molecular complexity index is 531. The lowest BCUT2D eigenvalue weighted by atomic mass is 9.82. The summed E-state index contributed by atoms with van der Waals surface area (Å²) in [5, 5.41) is 12.6. The quantitative estimate of drug-likeness (QED) is 0.885. The van der Waals surface area contributed by atoms with E-state index in [0.29, 0.717) is 5.92 Å². The van der Waals surface area contributed by atoms with Crippen LogP contribution in [0.25, 0.3) is 0 Å². The van der Waals surface area contributed by atoms with Gasteiger partial charge in [0.2, 0.25) is 0 Å². The Morgan fingerprint density at radius 3 is 3.06 bits per heavy atom. The number of hydrogen-bond acceptors (Lipinski definition) is 3. The molecule has 2 atom stereocenters. The monoisotopic (exact) mass is 298 g/mol. The first-order chi connectivity index (χ1) is 8.74. The van der Waals surface area contributed by atoms with Crippen LogP contribution in [-0.2, 0) is 12.8 Å². The van der Waals surface area contributed by atoms with Gasteiger partial charge in [-0.2, -0.15) is 0 Å². The van der Waals surface area contributed by atoms with Gasteiger partial charge in [-0.15, -0.1) is 22.7 Å². The Balaban J connectivity index is 1.76. The smallest absolute Gasteiger partial charge is 0.0931 e. The van der Waals surface area contributed by atoms with Gasteiger partial charge in [0.05, 0.1) is 10.4 Å². The molecule has 0 aliphatic heterocycles. The molecule has 2 unspecified atom stereocenters. The van der Waals surface area contributed by atoms with Crippen molar-refractivity contribution in [3.8, 4) is 0 Å². The van der Waals surface area contributed by atoms with Crippen molar-refractivity contribution in [3.05, 3.63) is 43.2 Å². The average molecular weight is 299 g/mol. The lowest BCUT2D eigenvalue weighted by Gasteiger charge is -2.27. The number of hydrogen-bond donors (Lipinski definition) is 1. The van der Waals surface area contributed by atoms with Crippen molar-refractivity contribution in [3.63, 3.8) is 0 Å². The first-order valence-electron chi connectivity index (χ1n) is 6.22. The zero-order valence-electron chi connectivity index (χ0n) is 9.93. The third kappa shape index (κ3) is 2.50. The van der Waals surface area contributed by atoms with E-state index in [1.807, 2.05) is 23.5 Å². The van der Waals surface area contributed by atoms with E-state index in [4.69, 9.17) is 11.6 Å². The van der Waals surface area contributed by atoms with Crippen molar-refractivity contribution in [1.29, 1.82) is 0 Å². The summed E-state index contributed by atoms with van der Waals surface area (Å²) >= 11 is 9.33. The minimum atomic E-state index is -0.284. The van der Waals surface area contributed by atoms with Gasteiger partial charge in [0.1, 0.15) is 0 Å². The molecule has 4 heteroatoms. The van der Waals surface area contributed by atoms with Gasteiger partial charge in [-0.1, -0.05) is 11.6 Å². The van der Waals surface area contributed by atoms with Crippen molar-refractivity contribution in [2.24, 2.45) is 0 Å². The number of aliphatic hydroxyl groups excluding tert-OH is 1. The van der Waals surface area contributed by atoms with E-state index in [1.54, 1.807) is 11.3 Å². The van der Waals surface area contributed by atoms with Crippen LogP contribution in [0.3, 0.4) is 0 Å². The van der Waals surface area contributed by atoms with E-state index in [2.05, 4.69) is 11.4 Å². The first-order valence-corrected chi connectivity index (χ1v) is 8.30. The van der Waals surface area contributed by atoms with E-state index in [-0.39, 0.29) is 6.10 Å². The molecule has 96 valence electrons. The van der Waals surface area contributed by atoms with Crippen LogP contribution >= 0.6 is 34.3 Å². The SMILES string of the molecule is OC(Cc1ccc(Cl)s1)C1CCCc2sccc21. The molecule has 0 saturated heterocycles. The van der Waals surface area contributed by atoms with E-state index in [9.17, 15) is 5.11 Å². The maximum Gasteiger partial charge on any atom is 0.0931 e. The van der Waals surface area contributed by atoms with Crippen molar-refractivity contribution < 1.29 is 5.11 Å². The molecule has 1 nitrogen and oxygen atoms in total. The van der Waals surface area contributed by atoms with Gasteiger partial charge in [0.15, 0.2) is 0 Å². The maximum absolute atomic E-state index is 10.5. The molecule has 0 radical (unpaired) electrons. The van der Waals surface area contributed by atoms with Gasteiger partial charge in [-0.3, -0.25) is 0 Å². The highest BCUT2D eigenvalue weighted by molar-refractivity contribution is 7.16.